The molecule has 1 heterocycles. The van der Waals surface area contributed by atoms with Crippen molar-refractivity contribution in [3.63, 3.8) is 0 Å². The lowest BCUT2D eigenvalue weighted by Crippen LogP contribution is -2.26. The number of carbonyl (C=O) groups is 1. The average Bonchev–Trinajstić information content (AvgIpc) is 2.99. The van der Waals surface area contributed by atoms with Gasteiger partial charge in [-0.05, 0) is 24.6 Å². The molecule has 108 valence electrons. The number of benzene rings is 1. The van der Waals surface area contributed by atoms with E-state index in [9.17, 15) is 4.79 Å². The average molecular weight is 282 g/mol. The molecule has 0 fully saturated rings. The van der Waals surface area contributed by atoms with Crippen LogP contribution in [-0.4, -0.2) is 29.0 Å². The van der Waals surface area contributed by atoms with Crippen LogP contribution in [0, 0.1) is 18.8 Å². The molecule has 0 saturated carbocycles. The molecular weight excluding hydrogens is 264 g/mol. The molecule has 0 spiro atoms. The Kier molecular flexibility index (Phi) is 5.13. The van der Waals surface area contributed by atoms with Gasteiger partial charge in [0.05, 0.1) is 12.9 Å². The first kappa shape index (κ1) is 14.8. The van der Waals surface area contributed by atoms with Crippen LogP contribution in [-0.2, 0) is 6.42 Å². The van der Waals surface area contributed by atoms with Crippen molar-refractivity contribution in [1.82, 2.24) is 15.3 Å². The molecule has 0 bridgehead atoms. The standard InChI is InChI=1S/C16H18N4O/c1-12-13(5-3-8-17)4-2-6-15(12)16(21)19-9-7-14-10-18-11-20-14/h2,4,6,10-11H,7-9,17H2,1H3,(H,18,20)(H,19,21). The molecule has 0 aliphatic heterocycles. The van der Waals surface area contributed by atoms with Crippen LogP contribution in [0.5, 0.6) is 0 Å². The van der Waals surface area contributed by atoms with Crippen molar-refractivity contribution in [2.24, 2.45) is 5.73 Å². The van der Waals surface area contributed by atoms with Crippen LogP contribution < -0.4 is 11.1 Å². The fraction of sp³-hybridized carbons (Fsp3) is 0.250. The van der Waals surface area contributed by atoms with Gasteiger partial charge in [0.25, 0.3) is 5.91 Å². The number of aromatic amines is 1. The van der Waals surface area contributed by atoms with Crippen LogP contribution in [0.2, 0.25) is 0 Å². The van der Waals surface area contributed by atoms with Crippen molar-refractivity contribution in [3.8, 4) is 11.8 Å². The first-order valence-corrected chi connectivity index (χ1v) is 6.76. The third-order valence-electron chi connectivity index (χ3n) is 3.14. The molecule has 0 atom stereocenters. The van der Waals surface area contributed by atoms with Crippen molar-refractivity contribution < 1.29 is 4.79 Å². The molecule has 0 saturated heterocycles. The summed E-state index contributed by atoms with van der Waals surface area (Å²) in [7, 11) is 0. The Morgan fingerprint density at radius 1 is 1.48 bits per heavy atom. The number of nitrogens with two attached hydrogens (primary N) is 1. The normalized spacial score (nSPS) is 9.81. The minimum atomic E-state index is -0.0941. The van der Waals surface area contributed by atoms with Crippen LogP contribution in [0.25, 0.3) is 0 Å². The van der Waals surface area contributed by atoms with Gasteiger partial charge in [-0.25, -0.2) is 4.98 Å². The lowest BCUT2D eigenvalue weighted by atomic mass is 10.0. The summed E-state index contributed by atoms with van der Waals surface area (Å²) in [4.78, 5) is 19.2. The Morgan fingerprint density at radius 2 is 2.33 bits per heavy atom. The number of carbonyl (C=O) groups excluding carboxylic acids is 1. The van der Waals surface area contributed by atoms with Gasteiger partial charge in [0, 0.05) is 36.0 Å². The topological polar surface area (TPSA) is 83.8 Å². The van der Waals surface area contributed by atoms with Crippen molar-refractivity contribution in [1.29, 1.82) is 0 Å². The van der Waals surface area contributed by atoms with Crippen LogP contribution in [0.4, 0.5) is 0 Å². The number of imidazole rings is 1. The minimum Gasteiger partial charge on any atom is -0.352 e. The van der Waals surface area contributed by atoms with Gasteiger partial charge in [0.15, 0.2) is 0 Å². The Morgan fingerprint density at radius 3 is 3.05 bits per heavy atom. The monoisotopic (exact) mass is 282 g/mol. The van der Waals surface area contributed by atoms with Crippen molar-refractivity contribution >= 4 is 5.91 Å². The summed E-state index contributed by atoms with van der Waals surface area (Å²) in [6.45, 7) is 2.75. The highest BCUT2D eigenvalue weighted by Crippen LogP contribution is 2.12. The van der Waals surface area contributed by atoms with E-state index in [1.54, 1.807) is 18.6 Å². The number of amides is 1. The van der Waals surface area contributed by atoms with Gasteiger partial charge < -0.3 is 16.0 Å². The van der Waals surface area contributed by atoms with Gasteiger partial charge in [-0.15, -0.1) is 0 Å². The summed E-state index contributed by atoms with van der Waals surface area (Å²) in [6, 6.07) is 5.52. The highest BCUT2D eigenvalue weighted by Gasteiger charge is 2.10. The Bertz CT molecular complexity index is 665. The van der Waals surface area contributed by atoms with E-state index in [2.05, 4.69) is 27.1 Å². The SMILES string of the molecule is Cc1c(C#CCN)cccc1C(=O)NCCc1cnc[nH]1. The summed E-state index contributed by atoms with van der Waals surface area (Å²) < 4.78 is 0. The summed E-state index contributed by atoms with van der Waals surface area (Å²) in [5.41, 5.74) is 8.72. The molecule has 5 heteroatoms. The second-order valence-corrected chi connectivity index (χ2v) is 4.57. The maximum absolute atomic E-state index is 12.2. The van der Waals surface area contributed by atoms with E-state index >= 15 is 0 Å². The van der Waals surface area contributed by atoms with Gasteiger partial charge in [-0.1, -0.05) is 17.9 Å². The van der Waals surface area contributed by atoms with Gasteiger partial charge in [-0.3, -0.25) is 4.79 Å². The van der Waals surface area contributed by atoms with Gasteiger partial charge in [0.1, 0.15) is 0 Å². The maximum atomic E-state index is 12.2. The van der Waals surface area contributed by atoms with Crippen LogP contribution in [0.15, 0.2) is 30.7 Å². The van der Waals surface area contributed by atoms with Crippen LogP contribution >= 0.6 is 0 Å². The quantitative estimate of drug-likeness (QED) is 0.732. The van der Waals surface area contributed by atoms with Crippen LogP contribution in [0.1, 0.15) is 27.2 Å². The van der Waals surface area contributed by atoms with E-state index in [1.165, 1.54) is 0 Å². The largest absolute Gasteiger partial charge is 0.352 e. The lowest BCUT2D eigenvalue weighted by molar-refractivity contribution is 0.0953. The molecule has 0 unspecified atom stereocenters. The molecule has 0 radical (unpaired) electrons. The Labute approximate surface area is 124 Å². The van der Waals surface area contributed by atoms with Gasteiger partial charge >= 0.3 is 0 Å². The molecule has 1 aromatic carbocycles. The van der Waals surface area contributed by atoms with Gasteiger partial charge in [-0.2, -0.15) is 0 Å². The number of nitrogens with one attached hydrogen (secondary N) is 2. The Balaban J connectivity index is 2.01. The molecule has 1 amide bonds. The molecule has 0 aliphatic carbocycles. The number of H-pyrrole nitrogens is 1. The smallest absolute Gasteiger partial charge is 0.251 e. The molecule has 2 aromatic rings. The lowest BCUT2D eigenvalue weighted by Gasteiger charge is -2.08. The van der Waals surface area contributed by atoms with Gasteiger partial charge in [0.2, 0.25) is 0 Å². The summed E-state index contributed by atoms with van der Waals surface area (Å²) in [5.74, 6) is 5.69. The third-order valence-corrected chi connectivity index (χ3v) is 3.14. The van der Waals surface area contributed by atoms with E-state index in [0.717, 1.165) is 23.2 Å². The second-order valence-electron chi connectivity index (χ2n) is 4.57. The molecular formula is C16H18N4O. The molecule has 1 aromatic heterocycles. The second kappa shape index (κ2) is 7.27. The fourth-order valence-electron chi connectivity index (χ4n) is 1.99. The van der Waals surface area contributed by atoms with Crippen molar-refractivity contribution in [3.05, 3.63) is 53.1 Å². The Hall–Kier alpha value is -2.58. The number of hydrogen-bond acceptors (Lipinski definition) is 3. The molecule has 2 rings (SSSR count). The maximum Gasteiger partial charge on any atom is 0.251 e. The molecule has 4 N–H and O–H groups in total. The number of rotatable bonds is 4. The zero-order valence-electron chi connectivity index (χ0n) is 11.9. The predicted octanol–water partition coefficient (Wildman–Crippen LogP) is 1.00. The third kappa shape index (κ3) is 3.94. The minimum absolute atomic E-state index is 0.0941. The zero-order valence-corrected chi connectivity index (χ0v) is 11.9. The number of hydrogen-bond donors (Lipinski definition) is 3. The predicted molar refractivity (Wildman–Crippen MR) is 81.7 cm³/mol. The first-order chi connectivity index (χ1) is 10.2. The van der Waals surface area contributed by atoms with Crippen molar-refractivity contribution in [2.75, 3.05) is 13.1 Å². The fourth-order valence-corrected chi connectivity index (χ4v) is 1.99. The highest BCUT2D eigenvalue weighted by atomic mass is 16.1. The number of aromatic nitrogens is 2. The summed E-state index contributed by atoms with van der Waals surface area (Å²) >= 11 is 0. The first-order valence-electron chi connectivity index (χ1n) is 6.76. The van der Waals surface area contributed by atoms with E-state index < -0.39 is 0 Å². The van der Waals surface area contributed by atoms with Crippen molar-refractivity contribution in [2.45, 2.75) is 13.3 Å². The van der Waals surface area contributed by atoms with E-state index in [4.69, 9.17) is 5.73 Å². The molecule has 21 heavy (non-hydrogen) atoms. The summed E-state index contributed by atoms with van der Waals surface area (Å²) in [6.07, 6.45) is 4.10. The molecule has 0 aliphatic rings. The summed E-state index contributed by atoms with van der Waals surface area (Å²) in [5, 5.41) is 2.90. The zero-order chi connectivity index (χ0) is 15.1. The van der Waals surface area contributed by atoms with Crippen LogP contribution in [0.3, 0.4) is 0 Å². The molecule has 5 nitrogen and oxygen atoms in total. The number of nitrogens with zero attached hydrogens (tertiary/aromatic N) is 1. The van der Waals surface area contributed by atoms with E-state index in [1.807, 2.05) is 19.1 Å². The van der Waals surface area contributed by atoms with E-state index in [-0.39, 0.29) is 5.91 Å². The highest BCUT2D eigenvalue weighted by molar-refractivity contribution is 5.96. The van der Waals surface area contributed by atoms with E-state index in [0.29, 0.717) is 18.7 Å².